The summed E-state index contributed by atoms with van der Waals surface area (Å²) in [6, 6.07) is 3.79. The molecule has 142 valence electrons. The van der Waals surface area contributed by atoms with Crippen LogP contribution in [0.25, 0.3) is 11.3 Å². The second-order valence-electron chi connectivity index (χ2n) is 7.16. The van der Waals surface area contributed by atoms with Gasteiger partial charge in [0.1, 0.15) is 0 Å². The summed E-state index contributed by atoms with van der Waals surface area (Å²) in [6.45, 7) is 6.27. The smallest absolute Gasteiger partial charge is 0.253 e. The first-order valence-corrected chi connectivity index (χ1v) is 9.49. The number of carbonyl (C=O) groups excluding carboxylic acids is 2. The largest absolute Gasteiger partial charge is 0.358 e. The topological polar surface area (TPSA) is 78.1 Å². The Morgan fingerprint density at radius 3 is 3.04 bits per heavy atom. The van der Waals surface area contributed by atoms with Gasteiger partial charge in [0.2, 0.25) is 5.91 Å². The van der Waals surface area contributed by atoms with E-state index in [1.54, 1.807) is 17.3 Å². The Morgan fingerprint density at radius 1 is 1.39 bits per heavy atom. The molecule has 0 saturated carbocycles. The van der Waals surface area contributed by atoms with Gasteiger partial charge < -0.3 is 15.2 Å². The van der Waals surface area contributed by atoms with E-state index in [1.807, 2.05) is 19.1 Å². The second-order valence-corrected chi connectivity index (χ2v) is 7.16. The maximum Gasteiger partial charge on any atom is 0.253 e. The van der Waals surface area contributed by atoms with Crippen molar-refractivity contribution in [3.05, 3.63) is 54.0 Å². The highest BCUT2D eigenvalue weighted by Gasteiger charge is 2.31. The van der Waals surface area contributed by atoms with Crippen LogP contribution >= 0.6 is 0 Å². The van der Waals surface area contributed by atoms with E-state index in [0.29, 0.717) is 12.1 Å². The Bertz CT molecular complexity index is 1010. The number of H-pyrrole nitrogens is 1. The predicted molar refractivity (Wildman–Crippen MR) is 106 cm³/mol. The van der Waals surface area contributed by atoms with Crippen molar-refractivity contribution in [3.63, 3.8) is 0 Å². The summed E-state index contributed by atoms with van der Waals surface area (Å²) in [5.74, 6) is 6.33. The number of nitrogens with one attached hydrogen (secondary N) is 2. The lowest BCUT2D eigenvalue weighted by molar-refractivity contribution is -0.127. The molecule has 0 unspecified atom stereocenters. The van der Waals surface area contributed by atoms with Gasteiger partial charge in [-0.3, -0.25) is 14.6 Å². The summed E-state index contributed by atoms with van der Waals surface area (Å²) in [7, 11) is 0. The van der Waals surface area contributed by atoms with Crippen LogP contribution in [-0.4, -0.2) is 45.3 Å². The molecule has 4 rings (SSSR count). The van der Waals surface area contributed by atoms with Gasteiger partial charge in [0.25, 0.3) is 5.91 Å². The van der Waals surface area contributed by atoms with E-state index in [1.165, 1.54) is 6.08 Å². The standard InChI is InChI=1S/C22H22N4O2/c1-3-21(27)26-14(2)4-6-16(26)7-5-15-13-23-10-8-17(15)20-12-18-19(25-20)9-11-24-22(18)28/h3,8,10,12-14,16,25H,1,4,6,9,11H2,2H3,(H,24,28)/t14-,16+/m1/s1. The number of carbonyl (C=O) groups is 2. The van der Waals surface area contributed by atoms with Crippen molar-refractivity contribution >= 4 is 11.8 Å². The molecule has 6 nitrogen and oxygen atoms in total. The Balaban J connectivity index is 1.67. The minimum absolute atomic E-state index is 0.0519. The van der Waals surface area contributed by atoms with E-state index in [0.717, 1.165) is 41.8 Å². The van der Waals surface area contributed by atoms with Crippen molar-refractivity contribution in [2.75, 3.05) is 6.54 Å². The first kappa shape index (κ1) is 18.1. The zero-order valence-electron chi connectivity index (χ0n) is 15.8. The fourth-order valence-corrected chi connectivity index (χ4v) is 3.93. The van der Waals surface area contributed by atoms with Crippen LogP contribution in [0.3, 0.4) is 0 Å². The van der Waals surface area contributed by atoms with Gasteiger partial charge in [0.15, 0.2) is 0 Å². The van der Waals surface area contributed by atoms with Gasteiger partial charge in [-0.2, -0.15) is 0 Å². The lowest BCUT2D eigenvalue weighted by Crippen LogP contribution is -2.38. The molecule has 2 aromatic heterocycles. The summed E-state index contributed by atoms with van der Waals surface area (Å²) in [4.78, 5) is 33.6. The number of fused-ring (bicyclic) bond motifs is 1. The third-order valence-electron chi connectivity index (χ3n) is 5.39. The zero-order valence-corrected chi connectivity index (χ0v) is 15.8. The molecule has 2 N–H and O–H groups in total. The number of aromatic amines is 1. The van der Waals surface area contributed by atoms with Crippen molar-refractivity contribution in [2.24, 2.45) is 0 Å². The molecule has 0 spiro atoms. The molecule has 4 heterocycles. The van der Waals surface area contributed by atoms with Crippen molar-refractivity contribution < 1.29 is 9.59 Å². The first-order valence-electron chi connectivity index (χ1n) is 9.49. The Kier molecular flexibility index (Phi) is 4.74. The minimum atomic E-state index is -0.129. The number of amides is 2. The van der Waals surface area contributed by atoms with E-state index < -0.39 is 0 Å². The van der Waals surface area contributed by atoms with Crippen LogP contribution in [-0.2, 0) is 11.2 Å². The maximum absolute atomic E-state index is 12.2. The molecular formula is C22H22N4O2. The molecule has 2 aliphatic rings. The van der Waals surface area contributed by atoms with Crippen molar-refractivity contribution in [1.29, 1.82) is 0 Å². The number of aromatic nitrogens is 2. The van der Waals surface area contributed by atoms with Gasteiger partial charge in [0.05, 0.1) is 17.2 Å². The fourth-order valence-electron chi connectivity index (χ4n) is 3.93. The number of rotatable bonds is 2. The van der Waals surface area contributed by atoms with E-state index in [2.05, 4.69) is 33.7 Å². The predicted octanol–water partition coefficient (Wildman–Crippen LogP) is 2.28. The summed E-state index contributed by atoms with van der Waals surface area (Å²) in [5.41, 5.74) is 4.16. The Labute approximate surface area is 164 Å². The molecule has 0 bridgehead atoms. The number of likely N-dealkylation sites (tertiary alicyclic amines) is 1. The van der Waals surface area contributed by atoms with Gasteiger partial charge in [0, 0.05) is 48.4 Å². The lowest BCUT2D eigenvalue weighted by atomic mass is 10.1. The molecule has 2 amide bonds. The third-order valence-corrected chi connectivity index (χ3v) is 5.39. The SMILES string of the molecule is C=CC(=O)N1[C@H](C)CC[C@H]1C#Cc1cnccc1-c1cc2c([nH]1)CCNC2=O. The molecule has 1 saturated heterocycles. The number of pyridine rings is 1. The summed E-state index contributed by atoms with van der Waals surface area (Å²) < 4.78 is 0. The van der Waals surface area contributed by atoms with Crippen LogP contribution < -0.4 is 5.32 Å². The van der Waals surface area contributed by atoms with Crippen LogP contribution in [0.5, 0.6) is 0 Å². The summed E-state index contributed by atoms with van der Waals surface area (Å²) >= 11 is 0. The highest BCUT2D eigenvalue weighted by Crippen LogP contribution is 2.27. The third kappa shape index (κ3) is 3.20. The normalized spacial score (nSPS) is 20.8. The van der Waals surface area contributed by atoms with Gasteiger partial charge >= 0.3 is 0 Å². The van der Waals surface area contributed by atoms with Gasteiger partial charge in [-0.1, -0.05) is 18.4 Å². The van der Waals surface area contributed by atoms with Gasteiger partial charge in [-0.15, -0.1) is 0 Å². The van der Waals surface area contributed by atoms with E-state index >= 15 is 0 Å². The molecule has 1 fully saturated rings. The van der Waals surface area contributed by atoms with Gasteiger partial charge in [-0.25, -0.2) is 0 Å². The molecule has 2 aliphatic heterocycles. The number of hydrogen-bond acceptors (Lipinski definition) is 3. The Morgan fingerprint density at radius 2 is 2.25 bits per heavy atom. The molecule has 2 atom stereocenters. The minimum Gasteiger partial charge on any atom is -0.358 e. The first-order chi connectivity index (χ1) is 13.6. The van der Waals surface area contributed by atoms with Crippen LogP contribution in [0.4, 0.5) is 0 Å². The van der Waals surface area contributed by atoms with E-state index in [-0.39, 0.29) is 23.9 Å². The Hall–Kier alpha value is -3.33. The van der Waals surface area contributed by atoms with Crippen LogP contribution in [0, 0.1) is 11.8 Å². The van der Waals surface area contributed by atoms with Gasteiger partial charge in [-0.05, 0) is 38.0 Å². The highest BCUT2D eigenvalue weighted by molar-refractivity contribution is 5.98. The van der Waals surface area contributed by atoms with Crippen LogP contribution in [0.1, 0.15) is 41.4 Å². The second kappa shape index (κ2) is 7.35. The molecular weight excluding hydrogens is 352 g/mol. The average Bonchev–Trinajstić information content (AvgIpc) is 3.30. The van der Waals surface area contributed by atoms with Crippen molar-refractivity contribution in [3.8, 4) is 23.1 Å². The summed E-state index contributed by atoms with van der Waals surface area (Å²) in [6.07, 6.45) is 7.34. The molecule has 2 aromatic rings. The van der Waals surface area contributed by atoms with E-state index in [9.17, 15) is 9.59 Å². The molecule has 0 aromatic carbocycles. The highest BCUT2D eigenvalue weighted by atomic mass is 16.2. The van der Waals surface area contributed by atoms with Crippen molar-refractivity contribution in [2.45, 2.75) is 38.3 Å². The number of nitrogens with zero attached hydrogens (tertiary/aromatic N) is 2. The average molecular weight is 374 g/mol. The molecule has 0 radical (unpaired) electrons. The van der Waals surface area contributed by atoms with E-state index in [4.69, 9.17) is 0 Å². The van der Waals surface area contributed by atoms with Crippen LogP contribution in [0.15, 0.2) is 37.2 Å². The quantitative estimate of drug-likeness (QED) is 0.625. The monoisotopic (exact) mass is 374 g/mol. The number of hydrogen-bond donors (Lipinski definition) is 2. The maximum atomic E-state index is 12.2. The molecule has 6 heteroatoms. The van der Waals surface area contributed by atoms with Crippen molar-refractivity contribution in [1.82, 2.24) is 20.2 Å². The van der Waals surface area contributed by atoms with Crippen LogP contribution in [0.2, 0.25) is 0 Å². The fraction of sp³-hybridized carbons (Fsp3) is 0.318. The summed E-state index contributed by atoms with van der Waals surface area (Å²) in [5, 5.41) is 2.86. The molecule has 0 aliphatic carbocycles. The molecule has 28 heavy (non-hydrogen) atoms. The zero-order chi connectivity index (χ0) is 19.7. The lowest BCUT2D eigenvalue weighted by Gasteiger charge is -2.23.